The maximum Gasteiger partial charge on any atom is 0.363 e. The highest BCUT2D eigenvalue weighted by atomic mass is 79.9. The van der Waals surface area contributed by atoms with Gasteiger partial charge in [-0.25, -0.2) is 0 Å². The second-order valence-electron chi connectivity index (χ2n) is 5.39. The maximum atomic E-state index is 12.8. The summed E-state index contributed by atoms with van der Waals surface area (Å²) >= 11 is 3.39. The van der Waals surface area contributed by atoms with E-state index in [0.29, 0.717) is 13.2 Å². The number of hydrogen-bond donors (Lipinski definition) is 0. The van der Waals surface area contributed by atoms with E-state index >= 15 is 0 Å². The molecule has 1 fully saturated rings. The van der Waals surface area contributed by atoms with E-state index in [1.165, 1.54) is 7.11 Å². The van der Waals surface area contributed by atoms with Crippen molar-refractivity contribution in [2.75, 3.05) is 20.3 Å². The topological polar surface area (TPSA) is 44.8 Å². The molecule has 19 heavy (non-hydrogen) atoms. The number of ether oxygens (including phenoxy) is 1. The SMILES string of the molecule is COC(c1cccc(Br)c1)P1(=O)OCC(C)(C)CO1. The highest BCUT2D eigenvalue weighted by molar-refractivity contribution is 9.10. The smallest absolute Gasteiger partial charge is 0.363 e. The minimum Gasteiger partial charge on any atom is -0.364 e. The molecule has 1 unspecified atom stereocenters. The Morgan fingerprint density at radius 1 is 1.37 bits per heavy atom. The third-order valence-electron chi connectivity index (χ3n) is 2.91. The van der Waals surface area contributed by atoms with Gasteiger partial charge in [-0.2, -0.15) is 0 Å². The predicted octanol–water partition coefficient (Wildman–Crippen LogP) is 4.36. The molecule has 0 aromatic heterocycles. The molecule has 0 spiro atoms. The van der Waals surface area contributed by atoms with Crippen molar-refractivity contribution in [3.63, 3.8) is 0 Å². The molecule has 0 radical (unpaired) electrons. The summed E-state index contributed by atoms with van der Waals surface area (Å²) in [6.45, 7) is 4.82. The highest BCUT2D eigenvalue weighted by Crippen LogP contribution is 2.64. The Morgan fingerprint density at radius 2 is 2.00 bits per heavy atom. The molecule has 1 atom stereocenters. The quantitative estimate of drug-likeness (QED) is 0.761. The minimum absolute atomic E-state index is 0.122. The van der Waals surface area contributed by atoms with Gasteiger partial charge in [0.2, 0.25) is 0 Å². The molecule has 1 saturated heterocycles. The van der Waals surface area contributed by atoms with E-state index in [9.17, 15) is 4.57 Å². The van der Waals surface area contributed by atoms with Crippen LogP contribution in [0.5, 0.6) is 0 Å². The van der Waals surface area contributed by atoms with E-state index in [2.05, 4.69) is 15.9 Å². The van der Waals surface area contributed by atoms with Crippen molar-refractivity contribution in [2.45, 2.75) is 19.7 Å². The van der Waals surface area contributed by atoms with Gasteiger partial charge in [0.1, 0.15) is 0 Å². The Bertz CT molecular complexity index is 489. The van der Waals surface area contributed by atoms with Gasteiger partial charge in [0.05, 0.1) is 13.2 Å². The third kappa shape index (κ3) is 3.47. The van der Waals surface area contributed by atoms with Crippen molar-refractivity contribution >= 4 is 23.5 Å². The zero-order valence-electron chi connectivity index (χ0n) is 11.3. The van der Waals surface area contributed by atoms with Crippen LogP contribution >= 0.6 is 23.5 Å². The number of benzene rings is 1. The second kappa shape index (κ2) is 5.66. The average molecular weight is 349 g/mol. The van der Waals surface area contributed by atoms with Crippen molar-refractivity contribution in [3.05, 3.63) is 34.3 Å². The lowest BCUT2D eigenvalue weighted by Gasteiger charge is -2.36. The number of halogens is 1. The molecular formula is C13H18BrO4P. The molecule has 0 N–H and O–H groups in total. The zero-order chi connectivity index (χ0) is 14.1. The molecule has 0 bridgehead atoms. The van der Waals surface area contributed by atoms with Crippen LogP contribution in [0.2, 0.25) is 0 Å². The molecule has 0 saturated carbocycles. The molecular weight excluding hydrogens is 331 g/mol. The molecule has 1 aliphatic rings. The predicted molar refractivity (Wildman–Crippen MR) is 77.2 cm³/mol. The minimum atomic E-state index is -3.29. The monoisotopic (exact) mass is 348 g/mol. The third-order valence-corrected chi connectivity index (χ3v) is 5.47. The summed E-state index contributed by atoms with van der Waals surface area (Å²) in [6, 6.07) is 7.48. The first-order valence-corrected chi connectivity index (χ1v) is 8.44. The Balaban J connectivity index is 2.25. The van der Waals surface area contributed by atoms with Crippen molar-refractivity contribution in [2.24, 2.45) is 5.41 Å². The van der Waals surface area contributed by atoms with Crippen LogP contribution in [0.25, 0.3) is 0 Å². The van der Waals surface area contributed by atoms with Crippen LogP contribution < -0.4 is 0 Å². The van der Waals surface area contributed by atoms with Crippen LogP contribution in [0.15, 0.2) is 28.7 Å². The molecule has 1 aromatic carbocycles. The van der Waals surface area contributed by atoms with Crippen molar-refractivity contribution in [1.29, 1.82) is 0 Å². The van der Waals surface area contributed by atoms with Crippen molar-refractivity contribution in [1.82, 2.24) is 0 Å². The van der Waals surface area contributed by atoms with E-state index in [1.54, 1.807) is 0 Å². The van der Waals surface area contributed by atoms with E-state index in [-0.39, 0.29) is 5.41 Å². The summed E-state index contributed by atoms with van der Waals surface area (Å²) < 4.78 is 30.1. The number of rotatable bonds is 3. The van der Waals surface area contributed by atoms with E-state index in [0.717, 1.165) is 10.0 Å². The standard InChI is InChI=1S/C13H18BrO4P/c1-13(2)8-17-19(15,18-9-13)12(16-3)10-5-4-6-11(14)7-10/h4-7,12H,8-9H2,1-3H3. The van der Waals surface area contributed by atoms with Crippen LogP contribution in [0.4, 0.5) is 0 Å². The number of hydrogen-bond acceptors (Lipinski definition) is 4. The lowest BCUT2D eigenvalue weighted by Crippen LogP contribution is -2.30. The van der Waals surface area contributed by atoms with E-state index < -0.39 is 13.4 Å². The van der Waals surface area contributed by atoms with Gasteiger partial charge in [-0.1, -0.05) is 41.9 Å². The van der Waals surface area contributed by atoms with Crippen LogP contribution in [-0.2, 0) is 18.3 Å². The first kappa shape index (κ1) is 15.2. The van der Waals surface area contributed by atoms with Crippen LogP contribution in [0.3, 0.4) is 0 Å². The Hall–Kier alpha value is -0.190. The summed E-state index contributed by atoms with van der Waals surface area (Å²) in [4.78, 5) is 0. The van der Waals surface area contributed by atoms with Crippen LogP contribution in [0, 0.1) is 5.41 Å². The average Bonchev–Trinajstić information content (AvgIpc) is 2.35. The van der Waals surface area contributed by atoms with E-state index in [4.69, 9.17) is 13.8 Å². The highest BCUT2D eigenvalue weighted by Gasteiger charge is 2.44. The fourth-order valence-corrected chi connectivity index (χ4v) is 4.46. The Morgan fingerprint density at radius 3 is 2.53 bits per heavy atom. The lowest BCUT2D eigenvalue weighted by atomic mass is 9.97. The van der Waals surface area contributed by atoms with Gasteiger partial charge in [-0.05, 0) is 17.7 Å². The van der Waals surface area contributed by atoms with Crippen LogP contribution in [0.1, 0.15) is 25.3 Å². The van der Waals surface area contributed by atoms with Gasteiger partial charge in [0.25, 0.3) is 0 Å². The lowest BCUT2D eigenvalue weighted by molar-refractivity contribution is 0.0154. The summed E-state index contributed by atoms with van der Waals surface area (Å²) in [6.07, 6.45) is 0. The molecule has 0 amide bonds. The zero-order valence-corrected chi connectivity index (χ0v) is 13.7. The van der Waals surface area contributed by atoms with Crippen molar-refractivity contribution in [3.8, 4) is 0 Å². The Kier molecular flexibility index (Phi) is 4.53. The number of methoxy groups -OCH3 is 1. The normalized spacial score (nSPS) is 22.9. The molecule has 6 heteroatoms. The molecule has 2 rings (SSSR count). The van der Waals surface area contributed by atoms with Crippen molar-refractivity contribution < 1.29 is 18.3 Å². The largest absolute Gasteiger partial charge is 0.364 e. The summed E-state index contributed by atoms with van der Waals surface area (Å²) in [5, 5.41) is 0. The summed E-state index contributed by atoms with van der Waals surface area (Å²) in [5.74, 6) is -0.693. The van der Waals surface area contributed by atoms with Crippen LogP contribution in [-0.4, -0.2) is 20.3 Å². The second-order valence-corrected chi connectivity index (χ2v) is 8.37. The Labute approximate surface area is 122 Å². The first-order valence-electron chi connectivity index (χ1n) is 6.03. The van der Waals surface area contributed by atoms with Gasteiger partial charge in [0, 0.05) is 17.0 Å². The summed E-state index contributed by atoms with van der Waals surface area (Å²) in [7, 11) is -1.78. The molecule has 4 nitrogen and oxygen atoms in total. The van der Waals surface area contributed by atoms with Gasteiger partial charge in [0.15, 0.2) is 5.85 Å². The van der Waals surface area contributed by atoms with Gasteiger partial charge >= 0.3 is 7.60 Å². The fourth-order valence-electron chi connectivity index (χ4n) is 1.85. The molecule has 1 aliphatic heterocycles. The van der Waals surface area contributed by atoms with Gasteiger partial charge in [-0.3, -0.25) is 4.57 Å². The first-order chi connectivity index (χ1) is 8.86. The fraction of sp³-hybridized carbons (Fsp3) is 0.538. The summed E-state index contributed by atoms with van der Waals surface area (Å²) in [5.41, 5.74) is 0.656. The molecule has 106 valence electrons. The molecule has 1 heterocycles. The van der Waals surface area contributed by atoms with Gasteiger partial charge < -0.3 is 13.8 Å². The van der Waals surface area contributed by atoms with E-state index in [1.807, 2.05) is 38.1 Å². The molecule has 0 aliphatic carbocycles. The molecule has 1 aromatic rings. The maximum absolute atomic E-state index is 12.8. The van der Waals surface area contributed by atoms with Gasteiger partial charge in [-0.15, -0.1) is 0 Å².